The lowest BCUT2D eigenvalue weighted by molar-refractivity contribution is -0.133. The lowest BCUT2D eigenvalue weighted by Crippen LogP contribution is -2.44. The van der Waals surface area contributed by atoms with Crippen LogP contribution in [0.15, 0.2) is 30.0 Å². The maximum atomic E-state index is 12.8. The first kappa shape index (κ1) is 12.0. The maximum absolute atomic E-state index is 12.8. The number of hydrogen-bond acceptors (Lipinski definition) is 2. The Bertz CT molecular complexity index is 613. The van der Waals surface area contributed by atoms with Crippen molar-refractivity contribution in [2.75, 3.05) is 11.6 Å². The van der Waals surface area contributed by atoms with Crippen LogP contribution in [0.5, 0.6) is 0 Å². The van der Waals surface area contributed by atoms with Crippen molar-refractivity contribution in [1.82, 2.24) is 5.01 Å². The van der Waals surface area contributed by atoms with Gasteiger partial charge in [-0.05, 0) is 38.8 Å². The van der Waals surface area contributed by atoms with Gasteiger partial charge in [-0.15, -0.1) is 0 Å². The molecule has 2 fully saturated rings. The van der Waals surface area contributed by atoms with Crippen LogP contribution in [-0.2, 0) is 4.79 Å². The number of nitrogens with zero attached hydrogens (tertiary/aromatic N) is 2. The number of benzene rings is 1. The van der Waals surface area contributed by atoms with Gasteiger partial charge >= 0.3 is 0 Å². The number of hydrogen-bond donors (Lipinski definition) is 0. The molecule has 1 amide bonds. The second-order valence-electron chi connectivity index (χ2n) is 6.81. The molecule has 1 aliphatic carbocycles. The normalized spacial score (nSPS) is 24.1. The Morgan fingerprint density at radius 3 is 2.65 bits per heavy atom. The third-order valence-electron chi connectivity index (χ3n) is 4.84. The van der Waals surface area contributed by atoms with Gasteiger partial charge in [-0.1, -0.05) is 24.6 Å². The number of para-hydroxylation sites is 1. The van der Waals surface area contributed by atoms with Crippen molar-refractivity contribution in [2.24, 2.45) is 11.3 Å². The van der Waals surface area contributed by atoms with E-state index >= 15 is 0 Å². The molecule has 1 aromatic rings. The van der Waals surface area contributed by atoms with Gasteiger partial charge in [0.15, 0.2) is 0 Å². The zero-order valence-corrected chi connectivity index (χ0v) is 12.1. The van der Waals surface area contributed by atoms with Crippen molar-refractivity contribution in [3.05, 3.63) is 35.5 Å². The largest absolute Gasteiger partial charge is 0.277 e. The molecule has 0 aromatic heterocycles. The van der Waals surface area contributed by atoms with E-state index in [-0.39, 0.29) is 11.3 Å². The van der Waals surface area contributed by atoms with Gasteiger partial charge in [0.2, 0.25) is 0 Å². The minimum Gasteiger partial charge on any atom is -0.277 e. The summed E-state index contributed by atoms with van der Waals surface area (Å²) in [4.78, 5) is 12.8. The van der Waals surface area contributed by atoms with E-state index in [2.05, 4.69) is 49.2 Å². The topological polar surface area (TPSA) is 23.6 Å². The van der Waals surface area contributed by atoms with Crippen molar-refractivity contribution in [2.45, 2.75) is 33.1 Å². The lowest BCUT2D eigenvalue weighted by atomic mass is 9.81. The standard InChI is InChI=1S/C17H20N2O/c1-17(2)11-18-14-9-4-3-6-13(14)10-15(12-7-5-8-12)19(18)16(17)20/h3-4,6,9-10,12H,5,7-8,11H2,1-2H3. The average molecular weight is 268 g/mol. The maximum Gasteiger partial charge on any atom is 0.253 e. The number of anilines is 1. The van der Waals surface area contributed by atoms with E-state index in [1.54, 1.807) is 0 Å². The van der Waals surface area contributed by atoms with Crippen LogP contribution in [0.2, 0.25) is 0 Å². The van der Waals surface area contributed by atoms with Crippen molar-refractivity contribution < 1.29 is 4.79 Å². The number of rotatable bonds is 1. The van der Waals surface area contributed by atoms with Crippen LogP contribution in [0, 0.1) is 11.3 Å². The third-order valence-corrected chi connectivity index (χ3v) is 4.84. The van der Waals surface area contributed by atoms with E-state index in [9.17, 15) is 4.79 Å². The minimum absolute atomic E-state index is 0.241. The molecule has 0 unspecified atom stereocenters. The van der Waals surface area contributed by atoms with E-state index < -0.39 is 0 Å². The lowest BCUT2D eigenvalue weighted by Gasteiger charge is -2.41. The van der Waals surface area contributed by atoms with E-state index in [0.717, 1.165) is 12.2 Å². The fourth-order valence-corrected chi connectivity index (χ4v) is 3.42. The summed E-state index contributed by atoms with van der Waals surface area (Å²) < 4.78 is 0. The number of carbonyl (C=O) groups excluding carboxylic acids is 1. The van der Waals surface area contributed by atoms with E-state index in [0.29, 0.717) is 5.92 Å². The van der Waals surface area contributed by atoms with Crippen molar-refractivity contribution >= 4 is 17.7 Å². The molecular formula is C17H20N2O. The van der Waals surface area contributed by atoms with Crippen molar-refractivity contribution in [3.8, 4) is 0 Å². The molecule has 3 aliphatic rings. The summed E-state index contributed by atoms with van der Waals surface area (Å²) in [7, 11) is 0. The van der Waals surface area contributed by atoms with Crippen LogP contribution in [0.1, 0.15) is 38.7 Å². The fourth-order valence-electron chi connectivity index (χ4n) is 3.42. The molecule has 2 heterocycles. The molecule has 2 aliphatic heterocycles. The van der Waals surface area contributed by atoms with Gasteiger partial charge in [0, 0.05) is 17.2 Å². The molecule has 1 aromatic carbocycles. The Hall–Kier alpha value is -1.77. The SMILES string of the molecule is CC1(C)CN2c3ccccc3C=C(C3CCC3)N2C1=O. The highest BCUT2D eigenvalue weighted by Gasteiger charge is 2.49. The van der Waals surface area contributed by atoms with Gasteiger partial charge in [0.05, 0.1) is 17.6 Å². The van der Waals surface area contributed by atoms with Crippen LogP contribution < -0.4 is 5.01 Å². The predicted molar refractivity (Wildman–Crippen MR) is 79.7 cm³/mol. The molecule has 1 saturated carbocycles. The minimum atomic E-state index is -0.305. The van der Waals surface area contributed by atoms with Crippen LogP contribution >= 0.6 is 0 Å². The zero-order chi connectivity index (χ0) is 13.9. The highest BCUT2D eigenvalue weighted by Crippen LogP contribution is 2.46. The van der Waals surface area contributed by atoms with Crippen LogP contribution in [-0.4, -0.2) is 17.5 Å². The summed E-state index contributed by atoms with van der Waals surface area (Å²) in [6, 6.07) is 8.40. The van der Waals surface area contributed by atoms with Crippen LogP contribution in [0.25, 0.3) is 6.08 Å². The summed E-state index contributed by atoms with van der Waals surface area (Å²) in [6.07, 6.45) is 5.95. The molecule has 0 atom stereocenters. The molecule has 0 spiro atoms. The number of hydrazine groups is 1. The van der Waals surface area contributed by atoms with Gasteiger partial charge in [-0.25, -0.2) is 5.01 Å². The van der Waals surface area contributed by atoms with Gasteiger partial charge < -0.3 is 0 Å². The van der Waals surface area contributed by atoms with Gasteiger partial charge in [-0.3, -0.25) is 9.80 Å². The second-order valence-corrected chi connectivity index (χ2v) is 6.81. The first-order chi connectivity index (χ1) is 9.58. The summed E-state index contributed by atoms with van der Waals surface area (Å²) in [5.74, 6) is 0.800. The van der Waals surface area contributed by atoms with E-state index in [1.807, 2.05) is 5.01 Å². The van der Waals surface area contributed by atoms with E-state index in [4.69, 9.17) is 0 Å². The molecule has 0 bridgehead atoms. The monoisotopic (exact) mass is 268 g/mol. The second kappa shape index (κ2) is 3.87. The number of allylic oxidation sites excluding steroid dienone is 1. The van der Waals surface area contributed by atoms with Crippen molar-refractivity contribution in [3.63, 3.8) is 0 Å². The highest BCUT2D eigenvalue weighted by atomic mass is 16.2. The predicted octanol–water partition coefficient (Wildman–Crippen LogP) is 3.43. The quantitative estimate of drug-likeness (QED) is 0.779. The zero-order valence-electron chi connectivity index (χ0n) is 12.1. The third kappa shape index (κ3) is 1.49. The molecule has 3 nitrogen and oxygen atoms in total. The Morgan fingerprint density at radius 2 is 1.95 bits per heavy atom. The first-order valence-corrected chi connectivity index (χ1v) is 7.50. The summed E-state index contributed by atoms with van der Waals surface area (Å²) in [5.41, 5.74) is 3.32. The van der Waals surface area contributed by atoms with Gasteiger partial charge in [0.25, 0.3) is 5.91 Å². The molecule has 0 N–H and O–H groups in total. The Labute approximate surface area is 119 Å². The molecule has 1 saturated heterocycles. The molecule has 20 heavy (non-hydrogen) atoms. The van der Waals surface area contributed by atoms with Crippen LogP contribution in [0.4, 0.5) is 5.69 Å². The number of carbonyl (C=O) groups is 1. The van der Waals surface area contributed by atoms with Crippen LogP contribution in [0.3, 0.4) is 0 Å². The Balaban J connectivity index is 1.87. The fraction of sp³-hybridized carbons (Fsp3) is 0.471. The number of fused-ring (bicyclic) bond motifs is 3. The Kier molecular flexibility index (Phi) is 2.33. The summed E-state index contributed by atoms with van der Waals surface area (Å²) >= 11 is 0. The highest BCUT2D eigenvalue weighted by molar-refractivity contribution is 5.92. The first-order valence-electron chi connectivity index (χ1n) is 7.50. The summed E-state index contributed by atoms with van der Waals surface area (Å²) in [5, 5.41) is 4.15. The smallest absolute Gasteiger partial charge is 0.253 e. The molecule has 4 rings (SSSR count). The molecular weight excluding hydrogens is 248 g/mol. The molecule has 3 heteroatoms. The van der Waals surface area contributed by atoms with Crippen molar-refractivity contribution in [1.29, 1.82) is 0 Å². The van der Waals surface area contributed by atoms with Gasteiger partial charge in [0.1, 0.15) is 0 Å². The summed E-state index contributed by atoms with van der Waals surface area (Å²) in [6.45, 7) is 4.87. The average Bonchev–Trinajstić information content (AvgIpc) is 2.59. The van der Waals surface area contributed by atoms with Gasteiger partial charge in [-0.2, -0.15) is 0 Å². The Morgan fingerprint density at radius 1 is 1.20 bits per heavy atom. The number of amides is 1. The van der Waals surface area contributed by atoms with E-state index in [1.165, 1.54) is 30.5 Å². The molecule has 0 radical (unpaired) electrons. The molecule has 104 valence electrons.